The number of rotatable bonds is 2. The van der Waals surface area contributed by atoms with E-state index in [0.29, 0.717) is 11.0 Å². The SMILES string of the molecule is CC1(C)CC(Oc2ccc(Br)c(Cl)n2)CC(C)(C)N1.Cl. The molecule has 0 aliphatic carbocycles. The van der Waals surface area contributed by atoms with Crippen LogP contribution in [0.2, 0.25) is 5.15 Å². The molecule has 1 aliphatic rings. The van der Waals surface area contributed by atoms with E-state index in [0.717, 1.165) is 17.3 Å². The van der Waals surface area contributed by atoms with E-state index in [9.17, 15) is 0 Å². The smallest absolute Gasteiger partial charge is 0.214 e. The zero-order valence-electron chi connectivity index (χ0n) is 12.2. The second-order valence-corrected chi connectivity index (χ2v) is 7.68. The minimum atomic E-state index is 0. The van der Waals surface area contributed by atoms with Crippen molar-refractivity contribution in [3.8, 4) is 5.88 Å². The summed E-state index contributed by atoms with van der Waals surface area (Å²) in [5.74, 6) is 0.590. The molecule has 0 atom stereocenters. The first-order chi connectivity index (χ1) is 8.67. The molecule has 1 aliphatic heterocycles. The molecule has 0 unspecified atom stereocenters. The molecule has 2 heterocycles. The number of hydrogen-bond acceptors (Lipinski definition) is 3. The van der Waals surface area contributed by atoms with Crippen molar-refractivity contribution in [3.05, 3.63) is 21.8 Å². The van der Waals surface area contributed by atoms with Gasteiger partial charge in [-0.2, -0.15) is 0 Å². The first-order valence-corrected chi connectivity index (χ1v) is 7.62. The van der Waals surface area contributed by atoms with E-state index in [1.807, 2.05) is 12.1 Å². The quantitative estimate of drug-likeness (QED) is 0.757. The average molecular weight is 384 g/mol. The van der Waals surface area contributed by atoms with Crippen molar-refractivity contribution in [1.82, 2.24) is 10.3 Å². The van der Waals surface area contributed by atoms with Gasteiger partial charge >= 0.3 is 0 Å². The van der Waals surface area contributed by atoms with Gasteiger partial charge in [-0.05, 0) is 49.7 Å². The fraction of sp³-hybridized carbons (Fsp3) is 0.643. The van der Waals surface area contributed by atoms with Crippen LogP contribution in [0.1, 0.15) is 40.5 Å². The predicted octanol–water partition coefficient (Wildman–Crippen LogP) is 4.61. The molecule has 0 bridgehead atoms. The van der Waals surface area contributed by atoms with E-state index in [2.05, 4.69) is 53.9 Å². The maximum Gasteiger partial charge on any atom is 0.214 e. The zero-order chi connectivity index (χ0) is 14.3. The van der Waals surface area contributed by atoms with Gasteiger partial charge in [-0.1, -0.05) is 11.6 Å². The number of hydrogen-bond donors (Lipinski definition) is 1. The van der Waals surface area contributed by atoms with Crippen molar-refractivity contribution in [3.63, 3.8) is 0 Å². The van der Waals surface area contributed by atoms with E-state index in [-0.39, 0.29) is 29.6 Å². The fourth-order valence-electron chi connectivity index (χ4n) is 2.95. The largest absolute Gasteiger partial charge is 0.474 e. The summed E-state index contributed by atoms with van der Waals surface area (Å²) in [4.78, 5) is 4.24. The molecule has 1 fully saturated rings. The summed E-state index contributed by atoms with van der Waals surface area (Å²) >= 11 is 9.32. The third-order valence-electron chi connectivity index (χ3n) is 3.22. The molecule has 0 spiro atoms. The number of ether oxygens (including phenoxy) is 1. The lowest BCUT2D eigenvalue weighted by Crippen LogP contribution is -2.60. The van der Waals surface area contributed by atoms with Gasteiger partial charge in [-0.15, -0.1) is 12.4 Å². The number of nitrogens with one attached hydrogen (secondary N) is 1. The Hall–Kier alpha value is -0.0300. The van der Waals surface area contributed by atoms with Crippen LogP contribution in [-0.4, -0.2) is 22.2 Å². The minimum Gasteiger partial charge on any atom is -0.474 e. The van der Waals surface area contributed by atoms with Gasteiger partial charge in [-0.3, -0.25) is 0 Å². The van der Waals surface area contributed by atoms with E-state index < -0.39 is 0 Å². The Kier molecular flexibility index (Phi) is 5.75. The molecule has 1 aromatic rings. The number of piperidine rings is 1. The van der Waals surface area contributed by atoms with Gasteiger partial charge in [0.2, 0.25) is 5.88 Å². The Labute approximate surface area is 140 Å². The first kappa shape index (κ1) is 18.0. The molecule has 1 saturated heterocycles. The fourth-order valence-corrected chi connectivity index (χ4v) is 3.32. The summed E-state index contributed by atoms with van der Waals surface area (Å²) in [6.07, 6.45) is 2.05. The molecular formula is C14H21BrCl2N2O. The Morgan fingerprint density at radius 2 is 1.80 bits per heavy atom. The van der Waals surface area contributed by atoms with Crippen molar-refractivity contribution in [1.29, 1.82) is 0 Å². The molecule has 2 rings (SSSR count). The number of pyridine rings is 1. The van der Waals surface area contributed by atoms with Gasteiger partial charge < -0.3 is 10.1 Å². The topological polar surface area (TPSA) is 34.1 Å². The third kappa shape index (κ3) is 4.76. The number of halogens is 3. The highest BCUT2D eigenvalue weighted by atomic mass is 79.9. The van der Waals surface area contributed by atoms with Gasteiger partial charge in [-0.25, -0.2) is 4.98 Å². The van der Waals surface area contributed by atoms with E-state index in [1.54, 1.807) is 0 Å². The van der Waals surface area contributed by atoms with Crippen molar-refractivity contribution in [2.75, 3.05) is 0 Å². The third-order valence-corrected chi connectivity index (χ3v) is 4.37. The van der Waals surface area contributed by atoms with Gasteiger partial charge in [0.15, 0.2) is 0 Å². The number of nitrogens with zero attached hydrogens (tertiary/aromatic N) is 1. The Morgan fingerprint density at radius 3 is 2.30 bits per heavy atom. The lowest BCUT2D eigenvalue weighted by Gasteiger charge is -2.46. The second kappa shape index (κ2) is 6.39. The molecule has 0 aromatic carbocycles. The summed E-state index contributed by atoms with van der Waals surface area (Å²) in [5.41, 5.74) is 0.122. The molecule has 3 nitrogen and oxygen atoms in total. The zero-order valence-corrected chi connectivity index (χ0v) is 15.3. The molecular weight excluding hydrogens is 363 g/mol. The highest BCUT2D eigenvalue weighted by molar-refractivity contribution is 9.10. The molecule has 0 saturated carbocycles. The monoisotopic (exact) mass is 382 g/mol. The molecule has 20 heavy (non-hydrogen) atoms. The van der Waals surface area contributed by atoms with Gasteiger partial charge in [0.25, 0.3) is 0 Å². The van der Waals surface area contributed by atoms with E-state index >= 15 is 0 Å². The van der Waals surface area contributed by atoms with Crippen molar-refractivity contribution in [2.45, 2.75) is 57.7 Å². The standard InChI is InChI=1S/C14H20BrClN2O.ClH/c1-13(2)7-9(8-14(3,4)18-13)19-11-6-5-10(15)12(16)17-11;/h5-6,9,18H,7-8H2,1-4H3;1H. The highest BCUT2D eigenvalue weighted by Gasteiger charge is 2.38. The summed E-state index contributed by atoms with van der Waals surface area (Å²) in [7, 11) is 0. The van der Waals surface area contributed by atoms with Crippen LogP contribution in [0.3, 0.4) is 0 Å². The summed E-state index contributed by atoms with van der Waals surface area (Å²) in [5, 5.41) is 4.07. The average Bonchev–Trinajstić information content (AvgIpc) is 2.18. The maximum atomic E-state index is 6.01. The predicted molar refractivity (Wildman–Crippen MR) is 89.1 cm³/mol. The second-order valence-electron chi connectivity index (χ2n) is 6.46. The molecule has 1 aromatic heterocycles. The van der Waals surface area contributed by atoms with Crippen LogP contribution in [0.4, 0.5) is 0 Å². The van der Waals surface area contributed by atoms with Crippen LogP contribution in [0.15, 0.2) is 16.6 Å². The van der Waals surface area contributed by atoms with Gasteiger partial charge in [0.1, 0.15) is 11.3 Å². The molecule has 0 amide bonds. The molecule has 114 valence electrons. The van der Waals surface area contributed by atoms with Gasteiger partial charge in [0.05, 0.1) is 4.47 Å². The molecule has 0 radical (unpaired) electrons. The van der Waals surface area contributed by atoms with Crippen LogP contribution in [0.5, 0.6) is 5.88 Å². The van der Waals surface area contributed by atoms with Crippen molar-refractivity contribution >= 4 is 39.9 Å². The number of aromatic nitrogens is 1. The summed E-state index contributed by atoms with van der Waals surface area (Å²) in [6, 6.07) is 3.71. The van der Waals surface area contributed by atoms with Gasteiger partial charge in [0, 0.05) is 30.0 Å². The van der Waals surface area contributed by atoms with Crippen molar-refractivity contribution < 1.29 is 4.74 Å². The van der Waals surface area contributed by atoms with Crippen LogP contribution in [-0.2, 0) is 0 Å². The Balaban J connectivity index is 0.00000200. The van der Waals surface area contributed by atoms with Crippen molar-refractivity contribution in [2.24, 2.45) is 0 Å². The summed E-state index contributed by atoms with van der Waals surface area (Å²) in [6.45, 7) is 8.80. The summed E-state index contributed by atoms with van der Waals surface area (Å²) < 4.78 is 6.79. The van der Waals surface area contributed by atoms with E-state index in [1.165, 1.54) is 0 Å². The van der Waals surface area contributed by atoms with E-state index in [4.69, 9.17) is 16.3 Å². The molecule has 6 heteroatoms. The van der Waals surface area contributed by atoms with Crippen LogP contribution < -0.4 is 10.1 Å². The molecule has 1 N–H and O–H groups in total. The van der Waals surface area contributed by atoms with Crippen LogP contribution >= 0.6 is 39.9 Å². The van der Waals surface area contributed by atoms with Crippen LogP contribution in [0.25, 0.3) is 0 Å². The first-order valence-electron chi connectivity index (χ1n) is 6.45. The lowest BCUT2D eigenvalue weighted by molar-refractivity contribution is 0.0530. The maximum absolute atomic E-state index is 6.01. The highest BCUT2D eigenvalue weighted by Crippen LogP contribution is 2.31. The minimum absolute atomic E-state index is 0. The Bertz CT molecular complexity index is 464. The normalized spacial score (nSPS) is 21.1. The lowest BCUT2D eigenvalue weighted by atomic mass is 9.81. The Morgan fingerprint density at radius 1 is 1.25 bits per heavy atom. The van der Waals surface area contributed by atoms with Crippen LogP contribution in [0, 0.1) is 0 Å².